The van der Waals surface area contributed by atoms with Crippen LogP contribution < -0.4 is 5.32 Å². The van der Waals surface area contributed by atoms with Gasteiger partial charge in [0.25, 0.3) is 5.91 Å². The molecule has 6 heteroatoms. The second kappa shape index (κ2) is 4.81. The van der Waals surface area contributed by atoms with Crippen LogP contribution in [0.15, 0.2) is 23.8 Å². The third-order valence-electron chi connectivity index (χ3n) is 2.74. The molecule has 0 radical (unpaired) electrons. The lowest BCUT2D eigenvalue weighted by Crippen LogP contribution is -2.25. The summed E-state index contributed by atoms with van der Waals surface area (Å²) in [6.45, 7) is 0.757. The first-order valence-electron chi connectivity index (χ1n) is 5.84. The van der Waals surface area contributed by atoms with Gasteiger partial charge in [0, 0.05) is 24.3 Å². The van der Waals surface area contributed by atoms with Gasteiger partial charge >= 0.3 is 0 Å². The van der Waals surface area contributed by atoms with Crippen molar-refractivity contribution in [1.82, 2.24) is 20.3 Å². The van der Waals surface area contributed by atoms with Gasteiger partial charge in [-0.1, -0.05) is 0 Å². The number of amides is 1. The zero-order valence-electron chi connectivity index (χ0n) is 9.67. The highest BCUT2D eigenvalue weighted by Gasteiger charge is 2.22. The summed E-state index contributed by atoms with van der Waals surface area (Å²) in [6, 6.07) is 1.75. The van der Waals surface area contributed by atoms with Crippen LogP contribution in [0.25, 0.3) is 10.8 Å². The SMILES string of the molecule is O=C(NCC1CC1)c1csc(-c2ncccn2)n1. The highest BCUT2D eigenvalue weighted by atomic mass is 32.1. The summed E-state index contributed by atoms with van der Waals surface area (Å²) in [5.41, 5.74) is 0.447. The maximum absolute atomic E-state index is 11.8. The Kier molecular flexibility index (Phi) is 3.02. The molecule has 0 aliphatic heterocycles. The molecule has 92 valence electrons. The molecule has 2 aromatic heterocycles. The Morgan fingerprint density at radius 2 is 2.17 bits per heavy atom. The monoisotopic (exact) mass is 260 g/mol. The Labute approximate surface area is 108 Å². The highest BCUT2D eigenvalue weighted by Crippen LogP contribution is 2.27. The summed E-state index contributed by atoms with van der Waals surface area (Å²) >= 11 is 1.38. The van der Waals surface area contributed by atoms with Gasteiger partial charge in [-0.3, -0.25) is 4.79 Å². The maximum atomic E-state index is 11.8. The molecular weight excluding hydrogens is 248 g/mol. The summed E-state index contributed by atoms with van der Waals surface area (Å²) in [6.07, 6.45) is 5.77. The van der Waals surface area contributed by atoms with E-state index in [1.165, 1.54) is 24.2 Å². The first kappa shape index (κ1) is 11.3. The number of nitrogens with zero attached hydrogens (tertiary/aromatic N) is 3. The van der Waals surface area contributed by atoms with Crippen molar-refractivity contribution in [3.63, 3.8) is 0 Å². The van der Waals surface area contributed by atoms with Gasteiger partial charge in [-0.05, 0) is 24.8 Å². The van der Waals surface area contributed by atoms with Crippen LogP contribution in [0.4, 0.5) is 0 Å². The van der Waals surface area contributed by atoms with Gasteiger partial charge in [0.1, 0.15) is 5.69 Å². The number of thiazole rings is 1. The molecule has 1 saturated carbocycles. The summed E-state index contributed by atoms with van der Waals surface area (Å²) in [4.78, 5) is 24.3. The van der Waals surface area contributed by atoms with Crippen LogP contribution in [-0.4, -0.2) is 27.4 Å². The van der Waals surface area contributed by atoms with E-state index in [-0.39, 0.29) is 5.91 Å². The van der Waals surface area contributed by atoms with Crippen LogP contribution in [0.5, 0.6) is 0 Å². The van der Waals surface area contributed by atoms with E-state index in [4.69, 9.17) is 0 Å². The molecule has 3 rings (SSSR count). The highest BCUT2D eigenvalue weighted by molar-refractivity contribution is 7.13. The van der Waals surface area contributed by atoms with E-state index in [2.05, 4.69) is 20.3 Å². The van der Waals surface area contributed by atoms with Crippen LogP contribution in [0.1, 0.15) is 23.3 Å². The number of rotatable bonds is 4. The van der Waals surface area contributed by atoms with Crippen molar-refractivity contribution in [3.8, 4) is 10.8 Å². The van der Waals surface area contributed by atoms with Gasteiger partial charge in [-0.15, -0.1) is 11.3 Å². The molecule has 5 nitrogen and oxygen atoms in total. The molecule has 1 aliphatic carbocycles. The second-order valence-corrected chi connectivity index (χ2v) is 5.12. The largest absolute Gasteiger partial charge is 0.350 e. The van der Waals surface area contributed by atoms with Crippen LogP contribution in [0.3, 0.4) is 0 Å². The first-order valence-corrected chi connectivity index (χ1v) is 6.72. The van der Waals surface area contributed by atoms with Gasteiger partial charge in [0.05, 0.1) is 0 Å². The van der Waals surface area contributed by atoms with Crippen LogP contribution in [0, 0.1) is 5.92 Å². The van der Waals surface area contributed by atoms with Crippen molar-refractivity contribution in [2.24, 2.45) is 5.92 Å². The van der Waals surface area contributed by atoms with Crippen LogP contribution >= 0.6 is 11.3 Å². The molecule has 0 saturated heterocycles. The Hall–Kier alpha value is -1.82. The van der Waals surface area contributed by atoms with Gasteiger partial charge in [0.2, 0.25) is 0 Å². The second-order valence-electron chi connectivity index (χ2n) is 4.26. The molecule has 0 spiro atoms. The fourth-order valence-corrected chi connectivity index (χ4v) is 2.28. The van der Waals surface area contributed by atoms with Crippen LogP contribution in [0.2, 0.25) is 0 Å². The van der Waals surface area contributed by atoms with E-state index in [0.29, 0.717) is 22.4 Å². The smallest absolute Gasteiger partial charge is 0.270 e. The van der Waals surface area contributed by atoms with Crippen molar-refractivity contribution in [2.45, 2.75) is 12.8 Å². The zero-order chi connectivity index (χ0) is 12.4. The van der Waals surface area contributed by atoms with Crippen molar-refractivity contribution in [2.75, 3.05) is 6.54 Å². The lowest BCUT2D eigenvalue weighted by Gasteiger charge is -1.99. The van der Waals surface area contributed by atoms with Crippen molar-refractivity contribution >= 4 is 17.2 Å². The molecular formula is C12H12N4OS. The van der Waals surface area contributed by atoms with Gasteiger partial charge in [0.15, 0.2) is 10.8 Å². The maximum Gasteiger partial charge on any atom is 0.270 e. The molecule has 18 heavy (non-hydrogen) atoms. The zero-order valence-corrected chi connectivity index (χ0v) is 10.5. The Balaban J connectivity index is 1.70. The molecule has 2 heterocycles. The number of carbonyl (C=O) groups excluding carboxylic acids is 1. The van der Waals surface area contributed by atoms with Crippen LogP contribution in [-0.2, 0) is 0 Å². The molecule has 2 aromatic rings. The lowest BCUT2D eigenvalue weighted by atomic mass is 10.4. The Bertz CT molecular complexity index is 550. The van der Waals surface area contributed by atoms with E-state index in [9.17, 15) is 4.79 Å². The summed E-state index contributed by atoms with van der Waals surface area (Å²) in [5.74, 6) is 1.12. The first-order chi connectivity index (χ1) is 8.83. The number of hydrogen-bond donors (Lipinski definition) is 1. The minimum absolute atomic E-state index is 0.111. The summed E-state index contributed by atoms with van der Waals surface area (Å²) < 4.78 is 0. The topological polar surface area (TPSA) is 67.8 Å². The van der Waals surface area contributed by atoms with Crippen molar-refractivity contribution < 1.29 is 4.79 Å². The standard InChI is InChI=1S/C12H12N4OS/c17-11(15-6-8-2-3-8)9-7-18-12(16-9)10-13-4-1-5-14-10/h1,4-5,7-8H,2-3,6H2,(H,15,17). The normalized spacial score (nSPS) is 14.4. The third-order valence-corrected chi connectivity index (χ3v) is 3.58. The minimum Gasteiger partial charge on any atom is -0.350 e. The van der Waals surface area contributed by atoms with E-state index in [0.717, 1.165) is 6.54 Å². The molecule has 1 amide bonds. The summed E-state index contributed by atoms with van der Waals surface area (Å²) in [5, 5.41) is 5.31. The molecule has 1 N–H and O–H groups in total. The number of aromatic nitrogens is 3. The average Bonchev–Trinajstić information content (AvgIpc) is 3.11. The van der Waals surface area contributed by atoms with Crippen molar-refractivity contribution in [3.05, 3.63) is 29.5 Å². The van der Waals surface area contributed by atoms with E-state index < -0.39 is 0 Å². The number of nitrogens with one attached hydrogen (secondary N) is 1. The molecule has 1 fully saturated rings. The number of hydrogen-bond acceptors (Lipinski definition) is 5. The quantitative estimate of drug-likeness (QED) is 0.909. The Morgan fingerprint density at radius 3 is 2.89 bits per heavy atom. The average molecular weight is 260 g/mol. The molecule has 1 aliphatic rings. The van der Waals surface area contributed by atoms with E-state index in [1.54, 1.807) is 23.8 Å². The van der Waals surface area contributed by atoms with Crippen molar-refractivity contribution in [1.29, 1.82) is 0 Å². The molecule has 0 unspecified atom stereocenters. The molecule has 0 atom stereocenters. The predicted octanol–water partition coefficient (Wildman–Crippen LogP) is 1.74. The fourth-order valence-electron chi connectivity index (χ4n) is 1.54. The minimum atomic E-state index is -0.111. The molecule has 0 aromatic carbocycles. The summed E-state index contributed by atoms with van der Waals surface area (Å²) in [7, 11) is 0. The fraction of sp³-hybridized carbons (Fsp3) is 0.333. The van der Waals surface area contributed by atoms with E-state index >= 15 is 0 Å². The van der Waals surface area contributed by atoms with E-state index in [1.807, 2.05) is 0 Å². The van der Waals surface area contributed by atoms with Gasteiger partial charge in [-0.25, -0.2) is 15.0 Å². The van der Waals surface area contributed by atoms with Gasteiger partial charge in [-0.2, -0.15) is 0 Å². The van der Waals surface area contributed by atoms with Gasteiger partial charge < -0.3 is 5.32 Å². The Morgan fingerprint density at radius 1 is 1.39 bits per heavy atom. The number of carbonyl (C=O) groups is 1. The molecule has 0 bridgehead atoms. The lowest BCUT2D eigenvalue weighted by molar-refractivity contribution is 0.0947. The third kappa shape index (κ3) is 2.53. The predicted molar refractivity (Wildman–Crippen MR) is 68.2 cm³/mol.